The molecule has 0 saturated heterocycles. The predicted molar refractivity (Wildman–Crippen MR) is 61.5 cm³/mol. The van der Waals surface area contributed by atoms with Crippen molar-refractivity contribution in [2.45, 2.75) is 20.8 Å². The lowest BCUT2D eigenvalue weighted by molar-refractivity contribution is 0.191. The largest absolute Gasteiger partial charge is 0.408 e. The van der Waals surface area contributed by atoms with Gasteiger partial charge in [0.1, 0.15) is 6.16 Å². The van der Waals surface area contributed by atoms with Crippen molar-refractivity contribution in [3.05, 3.63) is 18.7 Å². The predicted octanol–water partition coefficient (Wildman–Crippen LogP) is 2.24. The third-order valence-electron chi connectivity index (χ3n) is 1.47. The molecule has 1 aromatic rings. The van der Waals surface area contributed by atoms with E-state index in [1.54, 1.807) is 18.7 Å². The quantitative estimate of drug-likeness (QED) is 0.768. The molecule has 0 unspecified atom stereocenters. The fourth-order valence-corrected chi connectivity index (χ4v) is 2.09. The van der Waals surface area contributed by atoms with Gasteiger partial charge in [-0.3, -0.25) is 0 Å². The van der Waals surface area contributed by atoms with Crippen LogP contribution in [0.2, 0.25) is 0 Å². The van der Waals surface area contributed by atoms with Crippen molar-refractivity contribution in [1.82, 2.24) is 9.97 Å². The molecule has 0 saturated carbocycles. The number of rotatable bonds is 5. The van der Waals surface area contributed by atoms with Gasteiger partial charge in [-0.2, -0.15) is 13.9 Å². The lowest BCUT2D eigenvalue weighted by Crippen LogP contribution is -2.04. The molecule has 0 aromatic carbocycles. The minimum Gasteiger partial charge on any atom is -0.351 e. The van der Waals surface area contributed by atoms with Crippen molar-refractivity contribution in [2.75, 3.05) is 19.4 Å². The van der Waals surface area contributed by atoms with Gasteiger partial charge in [0, 0.05) is 12.4 Å². The summed E-state index contributed by atoms with van der Waals surface area (Å²) in [5.41, 5.74) is 0. The number of nitrogens with zero attached hydrogens (tertiary/aromatic N) is 1. The van der Waals surface area contributed by atoms with Crippen molar-refractivity contribution >= 4 is 7.94 Å². The van der Waals surface area contributed by atoms with Gasteiger partial charge in [-0.05, 0) is 20.8 Å². The van der Waals surface area contributed by atoms with Crippen LogP contribution in [0.4, 0.5) is 0 Å². The maximum atomic E-state index is 9.49. The fourth-order valence-electron chi connectivity index (χ4n) is 0.838. The van der Waals surface area contributed by atoms with E-state index in [0.717, 1.165) is 0 Å². The fraction of sp³-hybridized carbons (Fsp3) is 0.667. The first-order valence-electron chi connectivity index (χ1n) is 5.01. The van der Waals surface area contributed by atoms with Crippen molar-refractivity contribution in [1.29, 1.82) is 0 Å². The van der Waals surface area contributed by atoms with E-state index in [9.17, 15) is 4.89 Å². The monoisotopic (exact) mass is 235 g/mol. The number of hydrogen-bond acceptors (Lipinski definition) is 4. The molecule has 1 aromatic heterocycles. The molecule has 6 heteroatoms. The molecule has 0 fully saturated rings. The second-order valence-electron chi connectivity index (χ2n) is 2.55. The van der Waals surface area contributed by atoms with Crippen molar-refractivity contribution in [3.8, 4) is 0 Å². The molecule has 0 aliphatic heterocycles. The number of imidazole rings is 1. The van der Waals surface area contributed by atoms with Crippen LogP contribution in [-0.2, 0) is 9.05 Å². The van der Waals surface area contributed by atoms with E-state index in [4.69, 9.17) is 9.05 Å². The molecule has 0 amide bonds. The molecule has 1 rings (SSSR count). The first kappa shape index (κ1) is 14.5. The Morgan fingerprint density at radius 2 is 1.87 bits per heavy atom. The van der Waals surface area contributed by atoms with Gasteiger partial charge in [-0.15, -0.1) is 0 Å². The van der Waals surface area contributed by atoms with Crippen LogP contribution in [0.25, 0.3) is 0 Å². The molecular formula is C9H20N2O3P+. The van der Waals surface area contributed by atoms with Gasteiger partial charge < -0.3 is 4.98 Å². The van der Waals surface area contributed by atoms with E-state index in [1.165, 1.54) is 0 Å². The van der Waals surface area contributed by atoms with E-state index in [-0.39, 0.29) is 0 Å². The second kappa shape index (κ2) is 8.80. The summed E-state index contributed by atoms with van der Waals surface area (Å²) in [6.07, 6.45) is 5.65. The van der Waals surface area contributed by atoms with E-state index < -0.39 is 7.94 Å². The van der Waals surface area contributed by atoms with Gasteiger partial charge in [0.15, 0.2) is 0 Å². The summed E-state index contributed by atoms with van der Waals surface area (Å²) in [5.74, 6) is 0. The van der Waals surface area contributed by atoms with Gasteiger partial charge in [-0.1, -0.05) is 0 Å². The smallest absolute Gasteiger partial charge is 0.351 e. The number of nitrogens with one attached hydrogen (secondary N) is 1. The van der Waals surface area contributed by atoms with Crippen LogP contribution in [0, 0.1) is 0 Å². The van der Waals surface area contributed by atoms with E-state index in [0.29, 0.717) is 19.4 Å². The van der Waals surface area contributed by atoms with Crippen molar-refractivity contribution in [2.24, 2.45) is 0 Å². The van der Waals surface area contributed by atoms with Crippen LogP contribution in [0.5, 0.6) is 0 Å². The zero-order valence-electron chi connectivity index (χ0n) is 9.51. The molecule has 0 aliphatic carbocycles. The van der Waals surface area contributed by atoms with Gasteiger partial charge in [0.25, 0.3) is 0 Å². The van der Waals surface area contributed by atoms with E-state index >= 15 is 0 Å². The lowest BCUT2D eigenvalue weighted by atomic mass is 10.9. The third kappa shape index (κ3) is 7.45. The Kier molecular flexibility index (Phi) is 8.52. The van der Waals surface area contributed by atoms with Crippen LogP contribution in [-0.4, -0.2) is 34.2 Å². The number of aromatic nitrogens is 2. The summed E-state index contributed by atoms with van der Waals surface area (Å²) in [5, 5.41) is 0. The van der Waals surface area contributed by atoms with Gasteiger partial charge in [-0.25, -0.2) is 4.98 Å². The van der Waals surface area contributed by atoms with Gasteiger partial charge in [0.05, 0.1) is 19.5 Å². The Hall–Kier alpha value is -0.480. The number of H-pyrrole nitrogens is 1. The highest BCUT2D eigenvalue weighted by atomic mass is 31.2. The van der Waals surface area contributed by atoms with Gasteiger partial charge >= 0.3 is 7.94 Å². The number of aromatic amines is 1. The topological polar surface area (TPSA) is 67.4 Å². The Bertz CT molecular complexity index is 196. The average Bonchev–Trinajstić information content (AvgIpc) is 2.76. The average molecular weight is 235 g/mol. The molecule has 0 spiro atoms. The summed E-state index contributed by atoms with van der Waals surface area (Å²) in [7, 11) is -2.45. The molecule has 0 atom stereocenters. The molecule has 88 valence electrons. The normalized spacial score (nSPS) is 10.7. The molecule has 0 aliphatic rings. The first-order chi connectivity index (χ1) is 7.18. The standard InChI is InChI=1S/C6H16O3P.C3H4N2/c1-4-8-10(7,6-3)9-5-2;1-2-5-3-4-1/h7H,4-6H2,1-3H3;1-3H,(H,4,5)/q+1;. The first-order valence-corrected chi connectivity index (χ1v) is 6.77. The maximum absolute atomic E-state index is 9.49. The minimum absolute atomic E-state index is 0.512. The molecule has 5 nitrogen and oxygen atoms in total. The van der Waals surface area contributed by atoms with Crippen LogP contribution in [0.3, 0.4) is 0 Å². The number of hydrogen-bond donors (Lipinski definition) is 2. The highest BCUT2D eigenvalue weighted by Crippen LogP contribution is 2.56. The lowest BCUT2D eigenvalue weighted by Gasteiger charge is -2.12. The Morgan fingerprint density at radius 1 is 1.27 bits per heavy atom. The van der Waals surface area contributed by atoms with Crippen LogP contribution in [0.15, 0.2) is 18.7 Å². The van der Waals surface area contributed by atoms with E-state index in [2.05, 4.69) is 9.97 Å². The molecular weight excluding hydrogens is 215 g/mol. The SMILES string of the molecule is CCO[P+](O)(CC)OCC.c1c[nH]cn1. The zero-order chi connectivity index (χ0) is 11.6. The molecule has 15 heavy (non-hydrogen) atoms. The van der Waals surface area contributed by atoms with Gasteiger partial charge in [0.2, 0.25) is 0 Å². The highest BCUT2D eigenvalue weighted by Gasteiger charge is 2.36. The second-order valence-corrected chi connectivity index (χ2v) is 4.97. The van der Waals surface area contributed by atoms with Crippen LogP contribution >= 0.6 is 7.94 Å². The summed E-state index contributed by atoms with van der Waals surface area (Å²) in [6.45, 7) is 6.58. The maximum Gasteiger partial charge on any atom is 0.408 e. The molecule has 2 N–H and O–H groups in total. The van der Waals surface area contributed by atoms with Crippen LogP contribution < -0.4 is 0 Å². The molecule has 0 radical (unpaired) electrons. The summed E-state index contributed by atoms with van der Waals surface area (Å²) >= 11 is 0. The highest BCUT2D eigenvalue weighted by molar-refractivity contribution is 7.60. The van der Waals surface area contributed by atoms with E-state index in [1.807, 2.05) is 20.8 Å². The summed E-state index contributed by atoms with van der Waals surface area (Å²) < 4.78 is 10.1. The third-order valence-corrected chi connectivity index (χ3v) is 3.59. The Labute approximate surface area is 91.4 Å². The van der Waals surface area contributed by atoms with Crippen LogP contribution in [0.1, 0.15) is 20.8 Å². The zero-order valence-corrected chi connectivity index (χ0v) is 10.4. The molecule has 0 bridgehead atoms. The van der Waals surface area contributed by atoms with Crippen molar-refractivity contribution < 1.29 is 13.9 Å². The minimum atomic E-state index is -2.45. The Balaban J connectivity index is 0.000000322. The summed E-state index contributed by atoms with van der Waals surface area (Å²) in [4.78, 5) is 15.9. The summed E-state index contributed by atoms with van der Waals surface area (Å²) in [6, 6.07) is 0. The Morgan fingerprint density at radius 3 is 2.07 bits per heavy atom. The van der Waals surface area contributed by atoms with Crippen molar-refractivity contribution in [3.63, 3.8) is 0 Å². The molecule has 1 heterocycles.